The highest BCUT2D eigenvalue weighted by molar-refractivity contribution is 9.10. The van der Waals surface area contributed by atoms with Crippen LogP contribution in [0.2, 0.25) is 0 Å². The number of anilines is 1. The molecule has 4 nitrogen and oxygen atoms in total. The van der Waals surface area contributed by atoms with Crippen LogP contribution in [-0.4, -0.2) is 35.8 Å². The zero-order chi connectivity index (χ0) is 15.6. The van der Waals surface area contributed by atoms with Gasteiger partial charge in [0.1, 0.15) is 5.82 Å². The van der Waals surface area contributed by atoms with Crippen molar-refractivity contribution >= 4 is 21.7 Å². The summed E-state index contributed by atoms with van der Waals surface area (Å²) in [5.41, 5.74) is 1.31. The van der Waals surface area contributed by atoms with Crippen LogP contribution in [0.25, 0.3) is 0 Å². The molecule has 2 atom stereocenters. The third-order valence-corrected chi connectivity index (χ3v) is 3.87. The van der Waals surface area contributed by atoms with Crippen LogP contribution in [0.5, 0.6) is 0 Å². The van der Waals surface area contributed by atoms with Crippen molar-refractivity contribution in [3.63, 3.8) is 0 Å². The fourth-order valence-electron chi connectivity index (χ4n) is 2.60. The summed E-state index contributed by atoms with van der Waals surface area (Å²) in [5.74, 6) is 1.07. The molecule has 2 heterocycles. The summed E-state index contributed by atoms with van der Waals surface area (Å²) >= 11 is 3.53. The Kier molecular flexibility index (Phi) is 5.28. The quantitative estimate of drug-likeness (QED) is 0.901. The van der Waals surface area contributed by atoms with Gasteiger partial charge in [-0.2, -0.15) is 0 Å². The fourth-order valence-corrected chi connectivity index (χ4v) is 2.98. The van der Waals surface area contributed by atoms with E-state index in [1.807, 2.05) is 6.20 Å². The van der Waals surface area contributed by atoms with Gasteiger partial charge in [0.25, 0.3) is 0 Å². The molecule has 0 saturated carbocycles. The van der Waals surface area contributed by atoms with E-state index in [0.717, 1.165) is 29.9 Å². The number of hydrogen-bond acceptors (Lipinski definition) is 4. The Balaban J connectivity index is 2.21. The Labute approximate surface area is 136 Å². The van der Waals surface area contributed by atoms with Gasteiger partial charge in [0.2, 0.25) is 0 Å². The van der Waals surface area contributed by atoms with Gasteiger partial charge in [0, 0.05) is 41.4 Å². The van der Waals surface area contributed by atoms with Gasteiger partial charge in [-0.1, -0.05) is 0 Å². The van der Waals surface area contributed by atoms with Crippen molar-refractivity contribution in [2.45, 2.75) is 58.9 Å². The molecule has 1 aliphatic rings. The molecular formula is C16H26BrN3O. The predicted molar refractivity (Wildman–Crippen MR) is 90.8 cm³/mol. The second-order valence-electron chi connectivity index (χ2n) is 6.90. The lowest BCUT2D eigenvalue weighted by atomic mass is 10.1. The zero-order valence-electron chi connectivity index (χ0n) is 13.6. The second-order valence-corrected chi connectivity index (χ2v) is 7.82. The average Bonchev–Trinajstić information content (AvgIpc) is 2.34. The van der Waals surface area contributed by atoms with Gasteiger partial charge < -0.3 is 15.0 Å². The fraction of sp³-hybridized carbons (Fsp3) is 0.688. The molecule has 2 rings (SSSR count). The first-order valence-corrected chi connectivity index (χ1v) is 8.34. The lowest BCUT2D eigenvalue weighted by molar-refractivity contribution is -0.00551. The van der Waals surface area contributed by atoms with Crippen LogP contribution < -0.4 is 10.2 Å². The molecule has 1 aromatic rings. The van der Waals surface area contributed by atoms with E-state index in [2.05, 4.69) is 71.8 Å². The predicted octanol–water partition coefficient (Wildman–Crippen LogP) is 3.35. The lowest BCUT2D eigenvalue weighted by Gasteiger charge is -2.37. The highest BCUT2D eigenvalue weighted by atomic mass is 79.9. The first-order valence-electron chi connectivity index (χ1n) is 7.54. The molecule has 1 saturated heterocycles. The first kappa shape index (κ1) is 16.7. The Bertz CT molecular complexity index is 477. The van der Waals surface area contributed by atoms with Gasteiger partial charge in [-0.05, 0) is 56.6 Å². The first-order chi connectivity index (χ1) is 9.74. The van der Waals surface area contributed by atoms with Crippen LogP contribution in [-0.2, 0) is 11.3 Å². The SMILES string of the molecule is C[C@@H]1CN(c2ncc(Br)cc2CNC(C)(C)C)C[C@H](C)O1. The molecule has 0 radical (unpaired) electrons. The van der Waals surface area contributed by atoms with Gasteiger partial charge in [0.15, 0.2) is 0 Å². The van der Waals surface area contributed by atoms with Crippen molar-refractivity contribution in [1.82, 2.24) is 10.3 Å². The number of aromatic nitrogens is 1. The maximum absolute atomic E-state index is 5.82. The van der Waals surface area contributed by atoms with Gasteiger partial charge in [-0.25, -0.2) is 4.98 Å². The minimum absolute atomic E-state index is 0.0885. The maximum atomic E-state index is 5.82. The van der Waals surface area contributed by atoms with Gasteiger partial charge in [-0.3, -0.25) is 0 Å². The van der Waals surface area contributed by atoms with Crippen LogP contribution in [0.4, 0.5) is 5.82 Å². The molecule has 0 aromatic carbocycles. The minimum atomic E-state index is 0.0885. The summed E-state index contributed by atoms with van der Waals surface area (Å²) in [4.78, 5) is 6.99. The molecule has 0 amide bonds. The molecule has 0 spiro atoms. The molecule has 1 aromatic heterocycles. The van der Waals surface area contributed by atoms with Crippen LogP contribution in [0.1, 0.15) is 40.2 Å². The number of nitrogens with zero attached hydrogens (tertiary/aromatic N) is 2. The molecule has 1 N–H and O–H groups in total. The second kappa shape index (κ2) is 6.63. The smallest absolute Gasteiger partial charge is 0.133 e. The molecule has 0 unspecified atom stereocenters. The lowest BCUT2D eigenvalue weighted by Crippen LogP contribution is -2.46. The third kappa shape index (κ3) is 4.94. The summed E-state index contributed by atoms with van der Waals surface area (Å²) in [5, 5.41) is 3.55. The van der Waals surface area contributed by atoms with Crippen molar-refractivity contribution in [3.05, 3.63) is 22.3 Å². The van der Waals surface area contributed by atoms with Crippen LogP contribution >= 0.6 is 15.9 Å². The van der Waals surface area contributed by atoms with Crippen molar-refractivity contribution < 1.29 is 4.74 Å². The molecule has 118 valence electrons. The van der Waals surface area contributed by atoms with Crippen molar-refractivity contribution in [2.24, 2.45) is 0 Å². The molecular weight excluding hydrogens is 330 g/mol. The maximum Gasteiger partial charge on any atom is 0.133 e. The van der Waals surface area contributed by atoms with E-state index < -0.39 is 0 Å². The summed E-state index contributed by atoms with van der Waals surface area (Å²) in [6, 6.07) is 2.16. The van der Waals surface area contributed by atoms with Gasteiger partial charge >= 0.3 is 0 Å². The topological polar surface area (TPSA) is 37.4 Å². The number of morpholine rings is 1. The molecule has 1 aliphatic heterocycles. The largest absolute Gasteiger partial charge is 0.372 e. The third-order valence-electron chi connectivity index (χ3n) is 3.44. The van der Waals surface area contributed by atoms with Crippen LogP contribution in [0, 0.1) is 0 Å². The zero-order valence-corrected chi connectivity index (χ0v) is 15.2. The summed E-state index contributed by atoms with van der Waals surface area (Å²) in [6.07, 6.45) is 2.35. The molecule has 1 fully saturated rings. The standard InChI is InChI=1S/C16H26BrN3O/c1-11-9-20(10-12(2)21-11)15-13(6-14(17)8-18-15)7-19-16(3,4)5/h6,8,11-12,19H,7,9-10H2,1-5H3/t11-,12+. The van der Waals surface area contributed by atoms with E-state index in [0.29, 0.717) is 0 Å². The Morgan fingerprint density at radius 2 is 1.95 bits per heavy atom. The highest BCUT2D eigenvalue weighted by Gasteiger charge is 2.25. The Morgan fingerprint density at radius 3 is 2.52 bits per heavy atom. The number of pyridine rings is 1. The normalized spacial score (nSPS) is 23.4. The van der Waals surface area contributed by atoms with E-state index in [1.54, 1.807) is 0 Å². The van der Waals surface area contributed by atoms with Crippen LogP contribution in [0.15, 0.2) is 16.7 Å². The highest BCUT2D eigenvalue weighted by Crippen LogP contribution is 2.25. The number of halogens is 1. The number of ether oxygens (including phenoxy) is 1. The van der Waals surface area contributed by atoms with Gasteiger partial charge in [-0.15, -0.1) is 0 Å². The molecule has 5 heteroatoms. The Hall–Kier alpha value is -0.650. The van der Waals surface area contributed by atoms with Crippen molar-refractivity contribution in [1.29, 1.82) is 0 Å². The molecule has 0 bridgehead atoms. The van der Waals surface area contributed by atoms with E-state index >= 15 is 0 Å². The van der Waals surface area contributed by atoms with Crippen molar-refractivity contribution in [3.8, 4) is 0 Å². The molecule has 0 aliphatic carbocycles. The summed E-state index contributed by atoms with van der Waals surface area (Å²) < 4.78 is 6.84. The molecule has 21 heavy (non-hydrogen) atoms. The Morgan fingerprint density at radius 1 is 1.33 bits per heavy atom. The van der Waals surface area contributed by atoms with E-state index in [9.17, 15) is 0 Å². The number of nitrogens with one attached hydrogen (secondary N) is 1. The van der Waals surface area contributed by atoms with Gasteiger partial charge in [0.05, 0.1) is 12.2 Å². The number of hydrogen-bond donors (Lipinski definition) is 1. The van der Waals surface area contributed by atoms with E-state index in [4.69, 9.17) is 4.74 Å². The van der Waals surface area contributed by atoms with E-state index in [1.165, 1.54) is 5.56 Å². The number of rotatable bonds is 3. The average molecular weight is 356 g/mol. The van der Waals surface area contributed by atoms with E-state index in [-0.39, 0.29) is 17.7 Å². The minimum Gasteiger partial charge on any atom is -0.372 e. The van der Waals surface area contributed by atoms with Crippen LogP contribution in [0.3, 0.4) is 0 Å². The van der Waals surface area contributed by atoms with Crippen molar-refractivity contribution in [2.75, 3.05) is 18.0 Å². The summed E-state index contributed by atoms with van der Waals surface area (Å²) in [6.45, 7) is 13.4. The monoisotopic (exact) mass is 355 g/mol. The summed E-state index contributed by atoms with van der Waals surface area (Å²) in [7, 11) is 0.